The van der Waals surface area contributed by atoms with Crippen LogP contribution < -0.4 is 0 Å². The molecule has 0 spiro atoms. The van der Waals surface area contributed by atoms with Crippen molar-refractivity contribution in [1.82, 2.24) is 0 Å². The van der Waals surface area contributed by atoms with E-state index in [0.717, 1.165) is 6.08 Å². The van der Waals surface area contributed by atoms with Crippen molar-refractivity contribution < 1.29 is 18.1 Å². The molecule has 0 amide bonds. The Morgan fingerprint density at radius 3 is 2.12 bits per heavy atom. The third-order valence-electron chi connectivity index (χ3n) is 0.374. The lowest BCUT2D eigenvalue weighted by molar-refractivity contribution is 0.342. The highest BCUT2D eigenvalue weighted by atomic mass is 32.2. The summed E-state index contributed by atoms with van der Waals surface area (Å²) in [5.74, 6) is 0. The molecule has 0 fully saturated rings. The summed E-state index contributed by atoms with van der Waals surface area (Å²) < 4.78 is 27.4. The summed E-state index contributed by atoms with van der Waals surface area (Å²) in [7, 11) is -4.03. The van der Waals surface area contributed by atoms with Crippen LogP contribution in [0.25, 0.3) is 0 Å². The van der Waals surface area contributed by atoms with E-state index in [0.29, 0.717) is 5.41 Å². The van der Waals surface area contributed by atoms with E-state index in [9.17, 15) is 8.42 Å². The summed E-state index contributed by atoms with van der Waals surface area (Å²) in [6, 6.07) is 0. The molecule has 0 radical (unpaired) electrons. The fourth-order valence-electron chi connectivity index (χ4n) is 0.165. The maximum atomic E-state index is 9.75. The number of rotatable bonds is 2. The van der Waals surface area contributed by atoms with Gasteiger partial charge in [-0.05, 0) is 6.08 Å². The molecule has 2 N–H and O–H groups in total. The van der Waals surface area contributed by atoms with E-state index in [-0.39, 0.29) is 6.61 Å². The molecule has 0 saturated heterocycles. The summed E-state index contributed by atoms with van der Waals surface area (Å²) in [6.45, 7) is -0.389. The zero-order chi connectivity index (χ0) is 6.62. The quantitative estimate of drug-likeness (QED) is 0.499. The lowest BCUT2D eigenvalue weighted by Gasteiger charge is -1.79. The van der Waals surface area contributed by atoms with Gasteiger partial charge in [-0.2, -0.15) is 8.42 Å². The lowest BCUT2D eigenvalue weighted by atomic mass is 10.7. The van der Waals surface area contributed by atoms with Gasteiger partial charge in [-0.25, -0.2) is 0 Å². The largest absolute Gasteiger partial charge is 0.392 e. The summed E-state index contributed by atoms with van der Waals surface area (Å²) in [6.07, 6.45) is 0.926. The Balaban J connectivity index is 3.92. The number of hydrogen-bond acceptors (Lipinski definition) is 3. The van der Waals surface area contributed by atoms with E-state index in [4.69, 9.17) is 9.66 Å². The van der Waals surface area contributed by atoms with Crippen LogP contribution in [0, 0.1) is 0 Å². The van der Waals surface area contributed by atoms with Crippen LogP contribution in [0.5, 0.6) is 0 Å². The van der Waals surface area contributed by atoms with Crippen LogP contribution in [0.15, 0.2) is 11.5 Å². The first-order valence-electron chi connectivity index (χ1n) is 1.81. The van der Waals surface area contributed by atoms with Crippen molar-refractivity contribution in [1.29, 1.82) is 0 Å². The molecule has 48 valence electrons. The molecule has 0 unspecified atom stereocenters. The van der Waals surface area contributed by atoms with Gasteiger partial charge < -0.3 is 5.11 Å². The Morgan fingerprint density at radius 2 is 2.00 bits per heavy atom. The van der Waals surface area contributed by atoms with Crippen molar-refractivity contribution in [2.45, 2.75) is 0 Å². The van der Waals surface area contributed by atoms with Crippen molar-refractivity contribution >= 4 is 10.1 Å². The van der Waals surface area contributed by atoms with Gasteiger partial charge in [0.05, 0.1) is 12.0 Å². The molecule has 0 aliphatic carbocycles. The average molecular weight is 138 g/mol. The van der Waals surface area contributed by atoms with Crippen LogP contribution in [0.2, 0.25) is 0 Å². The fourth-order valence-corrected chi connectivity index (χ4v) is 0.494. The summed E-state index contributed by atoms with van der Waals surface area (Å²) in [5, 5.41) is 8.49. The van der Waals surface area contributed by atoms with Crippen molar-refractivity contribution in [3.8, 4) is 0 Å². The molecule has 0 rings (SSSR count). The smallest absolute Gasteiger partial charge is 0.287 e. The predicted molar refractivity (Wildman–Crippen MR) is 27.8 cm³/mol. The van der Waals surface area contributed by atoms with Gasteiger partial charge in [0.2, 0.25) is 0 Å². The number of aliphatic hydroxyl groups is 1. The Hall–Kier alpha value is -0.390. The van der Waals surface area contributed by atoms with E-state index >= 15 is 0 Å². The SMILES string of the molecule is O=S(=O)(O)C=CCO. The number of hydrogen-bond donors (Lipinski definition) is 2. The van der Waals surface area contributed by atoms with Crippen molar-refractivity contribution in [3.05, 3.63) is 11.5 Å². The van der Waals surface area contributed by atoms with Crippen molar-refractivity contribution in [2.24, 2.45) is 0 Å². The standard InChI is InChI=1S/C3H6O4S/c4-2-1-3-8(5,6)7/h1,3-4H,2H2,(H,5,6,7). The molecule has 0 aromatic heterocycles. The molecule has 5 heteroatoms. The Labute approximate surface area is 47.2 Å². The first kappa shape index (κ1) is 7.61. The molecule has 0 aromatic carbocycles. The molecule has 8 heavy (non-hydrogen) atoms. The lowest BCUT2D eigenvalue weighted by Crippen LogP contribution is -1.89. The van der Waals surface area contributed by atoms with Crippen LogP contribution in [0.4, 0.5) is 0 Å². The van der Waals surface area contributed by atoms with Gasteiger partial charge in [-0.1, -0.05) is 0 Å². The molecule has 0 bridgehead atoms. The maximum Gasteiger partial charge on any atom is 0.287 e. The predicted octanol–water partition coefficient (Wildman–Crippen LogP) is -0.620. The Bertz CT molecular complexity index is 166. The molecule has 0 aliphatic heterocycles. The van der Waals surface area contributed by atoms with Gasteiger partial charge in [0.25, 0.3) is 10.1 Å². The average Bonchev–Trinajstić information content (AvgIpc) is 1.59. The summed E-state index contributed by atoms with van der Waals surface area (Å²) in [5.41, 5.74) is 0. The minimum absolute atomic E-state index is 0.389. The molecule has 0 saturated carbocycles. The summed E-state index contributed by atoms with van der Waals surface area (Å²) >= 11 is 0. The molecule has 4 nitrogen and oxygen atoms in total. The van der Waals surface area contributed by atoms with E-state index in [1.807, 2.05) is 0 Å². The van der Waals surface area contributed by atoms with Crippen LogP contribution in [0.1, 0.15) is 0 Å². The fraction of sp³-hybridized carbons (Fsp3) is 0.333. The molecule has 0 atom stereocenters. The second-order valence-corrected chi connectivity index (χ2v) is 2.37. The molecule has 0 aliphatic rings. The zero-order valence-electron chi connectivity index (χ0n) is 3.98. The highest BCUT2D eigenvalue weighted by Crippen LogP contribution is 1.81. The highest BCUT2D eigenvalue weighted by Gasteiger charge is 1.91. The van der Waals surface area contributed by atoms with Gasteiger partial charge in [0.1, 0.15) is 0 Å². The number of aliphatic hydroxyl groups excluding tert-OH is 1. The molecular weight excluding hydrogens is 132 g/mol. The van der Waals surface area contributed by atoms with Gasteiger partial charge >= 0.3 is 0 Å². The zero-order valence-corrected chi connectivity index (χ0v) is 4.80. The molecule has 0 heterocycles. The normalized spacial score (nSPS) is 12.8. The van der Waals surface area contributed by atoms with Gasteiger partial charge in [-0.15, -0.1) is 0 Å². The third-order valence-corrected chi connectivity index (χ3v) is 0.910. The minimum Gasteiger partial charge on any atom is -0.392 e. The Kier molecular flexibility index (Phi) is 2.67. The van der Waals surface area contributed by atoms with E-state index in [1.54, 1.807) is 0 Å². The minimum atomic E-state index is -4.03. The highest BCUT2D eigenvalue weighted by molar-refractivity contribution is 7.88. The van der Waals surface area contributed by atoms with E-state index in [1.165, 1.54) is 0 Å². The van der Waals surface area contributed by atoms with Crippen LogP contribution in [-0.4, -0.2) is 24.7 Å². The maximum absolute atomic E-state index is 9.75. The van der Waals surface area contributed by atoms with Crippen LogP contribution in [0.3, 0.4) is 0 Å². The van der Waals surface area contributed by atoms with E-state index in [2.05, 4.69) is 0 Å². The van der Waals surface area contributed by atoms with Crippen LogP contribution in [-0.2, 0) is 10.1 Å². The summed E-state index contributed by atoms with van der Waals surface area (Å²) in [4.78, 5) is 0. The van der Waals surface area contributed by atoms with Crippen LogP contribution >= 0.6 is 0 Å². The van der Waals surface area contributed by atoms with Crippen molar-refractivity contribution in [3.63, 3.8) is 0 Å². The third kappa shape index (κ3) is 5.61. The Morgan fingerprint density at radius 1 is 1.50 bits per heavy atom. The molecule has 0 aromatic rings. The van der Waals surface area contributed by atoms with Crippen molar-refractivity contribution in [2.75, 3.05) is 6.61 Å². The second-order valence-electron chi connectivity index (χ2n) is 1.07. The molecular formula is C3H6O4S. The first-order valence-corrected chi connectivity index (χ1v) is 3.31. The van der Waals surface area contributed by atoms with Gasteiger partial charge in [0, 0.05) is 0 Å². The van der Waals surface area contributed by atoms with Gasteiger partial charge in [-0.3, -0.25) is 4.55 Å². The van der Waals surface area contributed by atoms with Gasteiger partial charge in [0.15, 0.2) is 0 Å². The second kappa shape index (κ2) is 2.81. The monoisotopic (exact) mass is 138 g/mol. The topological polar surface area (TPSA) is 74.6 Å². The first-order chi connectivity index (χ1) is 3.56. The van der Waals surface area contributed by atoms with E-state index < -0.39 is 10.1 Å².